The van der Waals surface area contributed by atoms with Gasteiger partial charge in [0.1, 0.15) is 35.4 Å². The van der Waals surface area contributed by atoms with Crippen LogP contribution >= 0.6 is 0 Å². The third kappa shape index (κ3) is 9.76. The van der Waals surface area contributed by atoms with Gasteiger partial charge in [-0.3, -0.25) is 24.0 Å². The van der Waals surface area contributed by atoms with E-state index < -0.39 is 77.1 Å². The first kappa shape index (κ1) is 51.4. The Balaban J connectivity index is 0.878. The number of nitrogens with one attached hydrogen (secondary N) is 2. The Hall–Kier alpha value is -5.74. The molecule has 3 aliphatic carbocycles. The van der Waals surface area contributed by atoms with Gasteiger partial charge in [-0.05, 0) is 112 Å². The summed E-state index contributed by atoms with van der Waals surface area (Å²) in [4.78, 5) is 63.2. The summed E-state index contributed by atoms with van der Waals surface area (Å²) in [5.41, 5.74) is 4.03. The number of benzene rings is 4. The molecular formula is C61H71N3O11. The molecule has 4 aromatic carbocycles. The number of hydrogen-bond donors (Lipinski definition) is 3. The van der Waals surface area contributed by atoms with Crippen LogP contribution < -0.4 is 10.6 Å². The molecule has 14 nitrogen and oxygen atoms in total. The third-order valence-corrected chi connectivity index (χ3v) is 17.2. The number of aliphatic hydroxyl groups is 1. The molecule has 1 unspecified atom stereocenters. The highest BCUT2D eigenvalue weighted by atomic mass is 16.8. The molecule has 7 fully saturated rings. The second-order valence-electron chi connectivity index (χ2n) is 24.0. The van der Waals surface area contributed by atoms with Crippen LogP contribution in [0.5, 0.6) is 0 Å². The van der Waals surface area contributed by atoms with Crippen molar-refractivity contribution in [2.75, 3.05) is 6.61 Å². The van der Waals surface area contributed by atoms with Crippen LogP contribution in [0.15, 0.2) is 115 Å². The summed E-state index contributed by atoms with van der Waals surface area (Å²) in [6.45, 7) is 12.3. The molecule has 75 heavy (non-hydrogen) atoms. The van der Waals surface area contributed by atoms with Crippen molar-refractivity contribution in [2.45, 2.75) is 166 Å². The Morgan fingerprint density at radius 3 is 2.27 bits per heavy atom. The molecular weight excluding hydrogens is 951 g/mol. The molecule has 14 heteroatoms. The van der Waals surface area contributed by atoms with Gasteiger partial charge in [0.2, 0.25) is 11.7 Å². The van der Waals surface area contributed by atoms with Gasteiger partial charge in [0, 0.05) is 36.1 Å². The largest absolute Gasteiger partial charge is 0.460 e. The van der Waals surface area contributed by atoms with Gasteiger partial charge in [0.15, 0.2) is 6.04 Å². The lowest BCUT2D eigenvalue weighted by atomic mass is 9.52. The van der Waals surface area contributed by atoms with Crippen molar-refractivity contribution in [3.63, 3.8) is 0 Å². The van der Waals surface area contributed by atoms with Crippen molar-refractivity contribution in [3.8, 4) is 0 Å². The van der Waals surface area contributed by atoms with Crippen LogP contribution in [0.4, 0.5) is 0 Å². The van der Waals surface area contributed by atoms with Gasteiger partial charge in [-0.15, -0.1) is 0 Å². The van der Waals surface area contributed by atoms with Gasteiger partial charge < -0.3 is 39.4 Å². The van der Waals surface area contributed by atoms with Crippen LogP contribution in [-0.4, -0.2) is 94.3 Å². The van der Waals surface area contributed by atoms with Crippen molar-refractivity contribution < 1.29 is 52.8 Å². The predicted molar refractivity (Wildman–Crippen MR) is 278 cm³/mol. The van der Waals surface area contributed by atoms with E-state index in [1.807, 2.05) is 72.8 Å². The van der Waals surface area contributed by atoms with Crippen LogP contribution in [0.3, 0.4) is 0 Å². The van der Waals surface area contributed by atoms with Crippen LogP contribution in [-0.2, 0) is 61.8 Å². The van der Waals surface area contributed by atoms with E-state index in [4.69, 9.17) is 28.5 Å². The minimum Gasteiger partial charge on any atom is -0.460 e. The summed E-state index contributed by atoms with van der Waals surface area (Å²) >= 11 is 0. The summed E-state index contributed by atoms with van der Waals surface area (Å²) in [6.07, 6.45) is 4.96. The van der Waals surface area contributed by atoms with E-state index in [9.17, 15) is 19.5 Å². The van der Waals surface area contributed by atoms with E-state index >= 15 is 4.79 Å². The zero-order valence-electron chi connectivity index (χ0n) is 43.9. The first-order chi connectivity index (χ1) is 35.9. The van der Waals surface area contributed by atoms with Crippen LogP contribution in [0.25, 0.3) is 6.08 Å². The standard InChI is InChI=1S/C61H71N3O11/c1-57(2,3)72-49(66)26-24-44(36-65)63-54(67)41-18-14-16-38(31-41)34-62-56(69)60-33-47-50-51(74-61(73-50,42-19-9-7-10-20-42)43-21-11-8-12-22-43)53(60)75-64(52(60)55(68)70-47)35-39-17-13-15-37(29-39)30-40-23-25-48-59(6,71-48)28-27-46-45(40)32-58(46,4)5/h7-22,29-31,44-48,50-53,65H,23-28,32-36H2,1-6H3,(H,62,69)(H,63,67)/t44-,45+,46+,47+,48?,50-,51-,52-,53+,59+,60-/m0/s1. The topological polar surface area (TPSA) is 174 Å². The first-order valence-corrected chi connectivity index (χ1v) is 27.0. The number of ether oxygens (including phenoxy) is 5. The van der Waals surface area contributed by atoms with E-state index in [1.165, 1.54) is 5.57 Å². The Morgan fingerprint density at radius 2 is 1.56 bits per heavy atom. The molecule has 4 aliphatic heterocycles. The van der Waals surface area contributed by atoms with Gasteiger partial charge in [-0.25, -0.2) is 0 Å². The molecule has 3 N–H and O–H groups in total. The zero-order valence-corrected chi connectivity index (χ0v) is 43.9. The van der Waals surface area contributed by atoms with Crippen molar-refractivity contribution >= 4 is 29.8 Å². The average Bonchev–Trinajstić information content (AvgIpc) is 3.75. The van der Waals surface area contributed by atoms with E-state index in [-0.39, 0.29) is 50.0 Å². The quantitative estimate of drug-likeness (QED) is 0.0814. The molecule has 7 aliphatic rings. The third-order valence-electron chi connectivity index (χ3n) is 17.2. The SMILES string of the molecule is CC(C)(C)OC(=O)CC[C@@H](CO)NC(=O)c1cccc(CNC(=O)[C@@]23C[C@H]4OC(=O)[C@@H]2N(Cc2cccc(C=C5CCC6O[C@]6(C)CC[C@@H]6[C@@H]5CC6(C)C)c2)O[C@@H]3[C@H]2OC(c3ccccc3)(c3ccccc3)O[C@H]24)c1. The number of epoxide rings is 1. The lowest BCUT2D eigenvalue weighted by Gasteiger charge is -2.53. The number of nitrogens with zero attached hydrogens (tertiary/aromatic N) is 1. The van der Waals surface area contributed by atoms with E-state index in [1.54, 1.807) is 50.1 Å². The zero-order chi connectivity index (χ0) is 52.5. The lowest BCUT2D eigenvalue weighted by Crippen LogP contribution is -2.69. The Kier molecular flexibility index (Phi) is 13.5. The molecule has 4 aromatic rings. The highest BCUT2D eigenvalue weighted by Crippen LogP contribution is 2.61. The van der Waals surface area contributed by atoms with Gasteiger partial charge in [-0.2, -0.15) is 5.06 Å². The molecule has 11 atom stereocenters. The summed E-state index contributed by atoms with van der Waals surface area (Å²) in [7, 11) is 0. The lowest BCUT2D eigenvalue weighted by molar-refractivity contribution is -0.213. The number of amides is 2. The fraction of sp³-hybridized carbons (Fsp3) is 0.508. The Morgan fingerprint density at radius 1 is 0.853 bits per heavy atom. The molecule has 4 heterocycles. The number of carbonyl (C=O) groups is 4. The van der Waals surface area contributed by atoms with E-state index in [2.05, 4.69) is 49.6 Å². The Bertz CT molecular complexity index is 2810. The van der Waals surface area contributed by atoms with Crippen LogP contribution in [0.2, 0.25) is 0 Å². The summed E-state index contributed by atoms with van der Waals surface area (Å²) < 4.78 is 32.3. The maximum absolute atomic E-state index is 15.4. The number of carbonyl (C=O) groups excluding carboxylic acids is 4. The maximum Gasteiger partial charge on any atom is 0.327 e. The molecule has 0 aromatic heterocycles. The van der Waals surface area contributed by atoms with Crippen LogP contribution in [0.1, 0.15) is 131 Å². The molecule has 0 spiro atoms. The van der Waals surface area contributed by atoms with Crippen molar-refractivity contribution in [2.24, 2.45) is 22.7 Å². The van der Waals surface area contributed by atoms with Gasteiger partial charge >= 0.3 is 11.9 Å². The predicted octanol–water partition coefficient (Wildman–Crippen LogP) is 8.48. The minimum absolute atomic E-state index is 0.00460. The van der Waals surface area contributed by atoms with Gasteiger partial charge in [-0.1, -0.05) is 123 Å². The number of hydrogen-bond acceptors (Lipinski definition) is 12. The number of esters is 2. The molecule has 396 valence electrons. The highest BCUT2D eigenvalue weighted by molar-refractivity contribution is 5.95. The Labute approximate surface area is 439 Å². The van der Waals surface area contributed by atoms with Crippen LogP contribution in [0, 0.1) is 22.7 Å². The second-order valence-corrected chi connectivity index (χ2v) is 24.0. The van der Waals surface area contributed by atoms with E-state index in [0.29, 0.717) is 29.1 Å². The fourth-order valence-corrected chi connectivity index (χ4v) is 13.4. The molecule has 2 amide bonds. The van der Waals surface area contributed by atoms with Crippen molar-refractivity contribution in [1.29, 1.82) is 0 Å². The highest BCUT2D eigenvalue weighted by Gasteiger charge is 2.76. The smallest absolute Gasteiger partial charge is 0.327 e. The van der Waals surface area contributed by atoms with Gasteiger partial charge in [0.25, 0.3) is 5.91 Å². The van der Waals surface area contributed by atoms with Crippen molar-refractivity contribution in [1.82, 2.24) is 15.7 Å². The number of aliphatic hydroxyl groups excluding tert-OH is 1. The number of hydroxylamine groups is 2. The summed E-state index contributed by atoms with van der Waals surface area (Å²) in [6, 6.07) is 32.7. The van der Waals surface area contributed by atoms with E-state index in [0.717, 1.165) is 54.4 Å². The molecule has 11 rings (SSSR count). The molecule has 2 bridgehead atoms. The number of fused-ring (bicyclic) bond motifs is 6. The number of rotatable bonds is 14. The van der Waals surface area contributed by atoms with Gasteiger partial charge in [0.05, 0.1) is 30.9 Å². The second kappa shape index (κ2) is 19.7. The fourth-order valence-electron chi connectivity index (χ4n) is 13.4. The monoisotopic (exact) mass is 1020 g/mol. The first-order valence-electron chi connectivity index (χ1n) is 27.0. The summed E-state index contributed by atoms with van der Waals surface area (Å²) in [5, 5.41) is 17.7. The molecule has 3 saturated carbocycles. The van der Waals surface area contributed by atoms with Crippen molar-refractivity contribution in [3.05, 3.63) is 148 Å². The average molecular weight is 1020 g/mol. The summed E-state index contributed by atoms with van der Waals surface area (Å²) in [5.74, 6) is -2.14. The molecule has 0 radical (unpaired) electrons. The molecule has 4 saturated heterocycles. The number of allylic oxidation sites excluding steroid dienone is 1. The minimum atomic E-state index is -1.48. The maximum atomic E-state index is 15.4. The normalized spacial score (nSPS) is 31.9.